The number of nitrogens with two attached hydrogens (primary N) is 1. The molecule has 5 rings (SSSR count). The van der Waals surface area contributed by atoms with Gasteiger partial charge < -0.3 is 20.1 Å². The van der Waals surface area contributed by atoms with E-state index in [2.05, 4.69) is 26.7 Å². The summed E-state index contributed by atoms with van der Waals surface area (Å²) in [4.78, 5) is 25.3. The molecule has 0 spiro atoms. The van der Waals surface area contributed by atoms with Gasteiger partial charge in [0.1, 0.15) is 29.3 Å². The SMILES string of the molecule is COc1cc(C#Cc2nn(C3CN(C(=O)/C=C/CN4CCCC4)C3)c3ncnc(N)c23)cc(OC)c1. The normalized spacial score (nSPS) is 16.2. The Hall–Kier alpha value is -4.10. The minimum atomic E-state index is -0.00908. The Labute approximate surface area is 209 Å². The molecule has 3 aromatic rings. The minimum absolute atomic E-state index is 0.00908. The number of anilines is 1. The van der Waals surface area contributed by atoms with Crippen molar-refractivity contribution < 1.29 is 14.3 Å². The van der Waals surface area contributed by atoms with Gasteiger partial charge in [0, 0.05) is 37.3 Å². The van der Waals surface area contributed by atoms with Crippen LogP contribution in [0.5, 0.6) is 11.5 Å². The van der Waals surface area contributed by atoms with Gasteiger partial charge in [-0.05, 0) is 44.0 Å². The van der Waals surface area contributed by atoms with Crippen molar-refractivity contribution in [3.8, 4) is 23.3 Å². The molecular formula is C26H29N7O3. The van der Waals surface area contributed by atoms with Gasteiger partial charge in [-0.3, -0.25) is 9.69 Å². The zero-order valence-corrected chi connectivity index (χ0v) is 20.5. The maximum atomic E-state index is 12.6. The summed E-state index contributed by atoms with van der Waals surface area (Å²) in [6.45, 7) is 4.14. The number of nitrogens with zero attached hydrogens (tertiary/aromatic N) is 6. The molecule has 2 aliphatic rings. The lowest BCUT2D eigenvalue weighted by atomic mass is 10.1. The molecule has 10 heteroatoms. The summed E-state index contributed by atoms with van der Waals surface area (Å²) < 4.78 is 12.5. The Kier molecular flexibility index (Phi) is 6.73. The van der Waals surface area contributed by atoms with Crippen molar-refractivity contribution in [1.29, 1.82) is 0 Å². The fourth-order valence-corrected chi connectivity index (χ4v) is 4.51. The van der Waals surface area contributed by atoms with E-state index < -0.39 is 0 Å². The van der Waals surface area contributed by atoms with Crippen LogP contribution >= 0.6 is 0 Å². The molecule has 0 unspecified atom stereocenters. The van der Waals surface area contributed by atoms with Crippen LogP contribution in [0, 0.1) is 11.8 Å². The first-order valence-corrected chi connectivity index (χ1v) is 12.0. The van der Waals surface area contributed by atoms with Crippen molar-refractivity contribution in [2.24, 2.45) is 0 Å². The van der Waals surface area contributed by atoms with E-state index in [9.17, 15) is 4.79 Å². The number of likely N-dealkylation sites (tertiary alicyclic amines) is 2. The van der Waals surface area contributed by atoms with Gasteiger partial charge in [-0.25, -0.2) is 14.6 Å². The van der Waals surface area contributed by atoms with E-state index >= 15 is 0 Å². The summed E-state index contributed by atoms with van der Waals surface area (Å²) in [6, 6.07) is 5.42. The highest BCUT2D eigenvalue weighted by Crippen LogP contribution is 2.28. The zero-order chi connectivity index (χ0) is 25.1. The number of carbonyl (C=O) groups is 1. The fraction of sp³-hybridized carbons (Fsp3) is 0.385. The predicted octanol–water partition coefficient (Wildman–Crippen LogP) is 1.86. The third kappa shape index (κ3) is 4.83. The molecule has 1 aromatic carbocycles. The van der Waals surface area contributed by atoms with E-state index in [0.29, 0.717) is 52.7 Å². The van der Waals surface area contributed by atoms with E-state index in [1.165, 1.54) is 19.2 Å². The van der Waals surface area contributed by atoms with Crippen LogP contribution in [0.25, 0.3) is 11.0 Å². The maximum absolute atomic E-state index is 12.6. The molecule has 4 heterocycles. The van der Waals surface area contributed by atoms with E-state index in [0.717, 1.165) is 19.6 Å². The zero-order valence-electron chi connectivity index (χ0n) is 20.5. The lowest BCUT2D eigenvalue weighted by Crippen LogP contribution is -2.50. The molecule has 2 saturated heterocycles. The van der Waals surface area contributed by atoms with Gasteiger partial charge in [0.25, 0.3) is 0 Å². The van der Waals surface area contributed by atoms with Crippen LogP contribution in [0.2, 0.25) is 0 Å². The second kappa shape index (κ2) is 10.3. The molecule has 0 saturated carbocycles. The molecule has 0 bridgehead atoms. The molecule has 2 aromatic heterocycles. The van der Waals surface area contributed by atoms with Crippen LogP contribution in [-0.4, -0.2) is 82.4 Å². The first-order valence-electron chi connectivity index (χ1n) is 12.0. The highest BCUT2D eigenvalue weighted by atomic mass is 16.5. The number of amides is 1. The van der Waals surface area contributed by atoms with E-state index in [-0.39, 0.29) is 11.9 Å². The molecule has 0 atom stereocenters. The molecule has 10 nitrogen and oxygen atoms in total. The number of hydrogen-bond acceptors (Lipinski definition) is 8. The van der Waals surface area contributed by atoms with Crippen molar-refractivity contribution in [3.63, 3.8) is 0 Å². The number of nitrogen functional groups attached to an aromatic ring is 1. The Balaban J connectivity index is 1.34. The van der Waals surface area contributed by atoms with Gasteiger partial charge in [-0.15, -0.1) is 0 Å². The first-order chi connectivity index (χ1) is 17.6. The largest absolute Gasteiger partial charge is 0.497 e. The number of ether oxygens (including phenoxy) is 2. The smallest absolute Gasteiger partial charge is 0.246 e. The molecule has 186 valence electrons. The summed E-state index contributed by atoms with van der Waals surface area (Å²) in [5.74, 6) is 7.85. The fourth-order valence-electron chi connectivity index (χ4n) is 4.51. The number of benzene rings is 1. The third-order valence-corrected chi connectivity index (χ3v) is 6.54. The van der Waals surface area contributed by atoms with E-state index in [4.69, 9.17) is 20.3 Å². The summed E-state index contributed by atoms with van der Waals surface area (Å²) >= 11 is 0. The Morgan fingerprint density at radius 1 is 1.11 bits per heavy atom. The topological polar surface area (TPSA) is 112 Å². The Morgan fingerprint density at radius 3 is 2.53 bits per heavy atom. The van der Waals surface area contributed by atoms with Crippen LogP contribution < -0.4 is 15.2 Å². The Morgan fingerprint density at radius 2 is 1.83 bits per heavy atom. The highest BCUT2D eigenvalue weighted by Gasteiger charge is 2.33. The van der Waals surface area contributed by atoms with Crippen molar-refractivity contribution in [3.05, 3.63) is 47.9 Å². The number of hydrogen-bond donors (Lipinski definition) is 1. The van der Waals surface area contributed by atoms with E-state index in [1.807, 2.05) is 18.2 Å². The molecule has 2 aliphatic heterocycles. The predicted molar refractivity (Wildman–Crippen MR) is 136 cm³/mol. The summed E-state index contributed by atoms with van der Waals surface area (Å²) in [5.41, 5.74) is 7.99. The number of rotatable bonds is 6. The second-order valence-electron chi connectivity index (χ2n) is 8.91. The van der Waals surface area contributed by atoms with E-state index in [1.54, 1.807) is 35.9 Å². The molecule has 1 amide bonds. The highest BCUT2D eigenvalue weighted by molar-refractivity contribution is 5.91. The summed E-state index contributed by atoms with van der Waals surface area (Å²) in [5, 5.41) is 5.32. The van der Waals surface area contributed by atoms with Crippen LogP contribution in [-0.2, 0) is 4.79 Å². The molecule has 2 N–H and O–H groups in total. The number of methoxy groups -OCH3 is 2. The van der Waals surface area contributed by atoms with Crippen molar-refractivity contribution >= 4 is 22.8 Å². The van der Waals surface area contributed by atoms with Crippen molar-refractivity contribution in [1.82, 2.24) is 29.5 Å². The Bertz CT molecular complexity index is 1340. The quantitative estimate of drug-likeness (QED) is 0.414. The molecule has 36 heavy (non-hydrogen) atoms. The third-order valence-electron chi connectivity index (χ3n) is 6.54. The van der Waals surface area contributed by atoms with Gasteiger partial charge >= 0.3 is 0 Å². The average molecular weight is 488 g/mol. The van der Waals surface area contributed by atoms with Crippen LogP contribution in [0.3, 0.4) is 0 Å². The second-order valence-corrected chi connectivity index (χ2v) is 8.91. The van der Waals surface area contributed by atoms with Gasteiger partial charge in [0.2, 0.25) is 5.91 Å². The van der Waals surface area contributed by atoms with Gasteiger partial charge in [-0.2, -0.15) is 5.10 Å². The van der Waals surface area contributed by atoms with Crippen LogP contribution in [0.1, 0.15) is 30.1 Å². The molecule has 2 fully saturated rings. The molecule has 0 radical (unpaired) electrons. The van der Waals surface area contributed by atoms with Crippen molar-refractivity contribution in [2.75, 3.05) is 52.7 Å². The van der Waals surface area contributed by atoms with Gasteiger partial charge in [-0.1, -0.05) is 12.0 Å². The molecule has 0 aliphatic carbocycles. The maximum Gasteiger partial charge on any atom is 0.246 e. The lowest BCUT2D eigenvalue weighted by molar-refractivity contribution is -0.131. The standard InChI is InChI=1S/C26H29N7O3/c1-35-20-12-18(13-21(14-20)36-2)7-8-22-24-25(27)28-17-29-26(24)33(30-22)19-15-32(16-19)23(34)6-5-11-31-9-3-4-10-31/h5-6,12-14,17,19H,3-4,9-11,15-16H2,1-2H3,(H2,27,28,29)/b6-5+. The molecular weight excluding hydrogens is 458 g/mol. The minimum Gasteiger partial charge on any atom is -0.497 e. The number of fused-ring (bicyclic) bond motifs is 1. The van der Waals surface area contributed by atoms with Crippen molar-refractivity contribution in [2.45, 2.75) is 18.9 Å². The number of aromatic nitrogens is 4. The van der Waals surface area contributed by atoms with Crippen LogP contribution in [0.15, 0.2) is 36.7 Å². The average Bonchev–Trinajstić information content (AvgIpc) is 3.50. The monoisotopic (exact) mass is 487 g/mol. The summed E-state index contributed by atoms with van der Waals surface area (Å²) in [7, 11) is 3.18. The first kappa shape index (κ1) is 23.6. The number of carbonyl (C=O) groups excluding carboxylic acids is 1. The van der Waals surface area contributed by atoms with Crippen LogP contribution in [0.4, 0.5) is 5.82 Å². The van der Waals surface area contributed by atoms with Gasteiger partial charge in [0.05, 0.1) is 25.6 Å². The lowest BCUT2D eigenvalue weighted by Gasteiger charge is -2.38. The summed E-state index contributed by atoms with van der Waals surface area (Å²) in [6.07, 6.45) is 7.53. The van der Waals surface area contributed by atoms with Gasteiger partial charge in [0.15, 0.2) is 5.65 Å².